The molecule has 29 heavy (non-hydrogen) atoms. The second kappa shape index (κ2) is 11.0. The van der Waals surface area contributed by atoms with Crippen LogP contribution in [0.1, 0.15) is 40.9 Å². The summed E-state index contributed by atoms with van der Waals surface area (Å²) in [5.41, 5.74) is 4.55. The van der Waals surface area contributed by atoms with Crippen LogP contribution in [0.4, 0.5) is 0 Å². The van der Waals surface area contributed by atoms with Crippen molar-refractivity contribution in [2.24, 2.45) is 0 Å². The summed E-state index contributed by atoms with van der Waals surface area (Å²) in [6, 6.07) is 13.3. The Morgan fingerprint density at radius 2 is 1.55 bits per heavy atom. The smallest absolute Gasteiger partial charge is 0.268 e. The van der Waals surface area contributed by atoms with Gasteiger partial charge in [-0.25, -0.2) is 5.48 Å². The van der Waals surface area contributed by atoms with Crippen LogP contribution in [0.25, 0.3) is 0 Å². The lowest BCUT2D eigenvalue weighted by molar-refractivity contribution is -0.133. The molecule has 2 rings (SSSR count). The molecule has 0 bridgehead atoms. The molecule has 2 aromatic carbocycles. The van der Waals surface area contributed by atoms with Crippen molar-refractivity contribution in [3.63, 3.8) is 0 Å². The molecular formula is C22H25N3O4. The Kier molecular flexibility index (Phi) is 8.37. The summed E-state index contributed by atoms with van der Waals surface area (Å²) in [5.74, 6) is 4.68. The van der Waals surface area contributed by atoms with Gasteiger partial charge in [-0.1, -0.05) is 30.9 Å². The van der Waals surface area contributed by atoms with Crippen molar-refractivity contribution in [2.75, 3.05) is 6.54 Å². The molecule has 2 atom stereocenters. The Hall–Kier alpha value is -3.18. The van der Waals surface area contributed by atoms with Crippen LogP contribution in [0.15, 0.2) is 48.5 Å². The second-order valence-corrected chi connectivity index (χ2v) is 6.47. The number of hydrogen-bond donors (Lipinski definition) is 5. The van der Waals surface area contributed by atoms with Gasteiger partial charge < -0.3 is 15.7 Å². The van der Waals surface area contributed by atoms with Crippen molar-refractivity contribution in [1.29, 1.82) is 0 Å². The molecule has 152 valence electrons. The largest absolute Gasteiger partial charge is 0.391 e. The summed E-state index contributed by atoms with van der Waals surface area (Å²) >= 11 is 0. The molecule has 2 aromatic rings. The zero-order valence-electron chi connectivity index (χ0n) is 16.4. The number of hydroxylamine groups is 1. The zero-order chi connectivity index (χ0) is 21.2. The average Bonchev–Trinajstić information content (AvgIpc) is 2.74. The maximum absolute atomic E-state index is 12.3. The molecule has 0 fully saturated rings. The lowest BCUT2D eigenvalue weighted by Gasteiger charge is -2.19. The third kappa shape index (κ3) is 6.73. The number of nitrogens with one attached hydrogen (secondary N) is 3. The first kappa shape index (κ1) is 22.1. The first-order valence-electron chi connectivity index (χ1n) is 9.29. The summed E-state index contributed by atoms with van der Waals surface area (Å²) < 4.78 is 0. The fraction of sp³-hybridized carbons (Fsp3) is 0.273. The quantitative estimate of drug-likeness (QED) is 0.275. The summed E-state index contributed by atoms with van der Waals surface area (Å²) in [4.78, 5) is 23.8. The molecule has 0 aliphatic rings. The van der Waals surface area contributed by atoms with Crippen LogP contribution < -0.4 is 16.1 Å². The van der Waals surface area contributed by atoms with Crippen molar-refractivity contribution in [3.05, 3.63) is 70.8 Å². The average molecular weight is 395 g/mol. The monoisotopic (exact) mass is 395 g/mol. The molecule has 7 nitrogen and oxygen atoms in total. The molecule has 0 saturated heterocycles. The van der Waals surface area contributed by atoms with E-state index in [4.69, 9.17) is 5.21 Å². The van der Waals surface area contributed by atoms with Crippen LogP contribution in [0, 0.1) is 11.8 Å². The first-order chi connectivity index (χ1) is 13.9. The number of benzene rings is 2. The van der Waals surface area contributed by atoms with Crippen molar-refractivity contribution in [3.8, 4) is 11.8 Å². The summed E-state index contributed by atoms with van der Waals surface area (Å²) in [7, 11) is 0. The molecule has 0 unspecified atom stereocenters. The van der Waals surface area contributed by atoms with Gasteiger partial charge in [-0.2, -0.15) is 0 Å². The molecule has 0 radical (unpaired) electrons. The predicted octanol–water partition coefficient (Wildman–Crippen LogP) is 1.18. The van der Waals surface area contributed by atoms with Crippen LogP contribution >= 0.6 is 0 Å². The first-order valence-corrected chi connectivity index (χ1v) is 9.29. The van der Waals surface area contributed by atoms with Crippen LogP contribution in [0.3, 0.4) is 0 Å². The lowest BCUT2D eigenvalue weighted by atomic mass is 10.1. The number of amides is 2. The summed E-state index contributed by atoms with van der Waals surface area (Å²) in [6.45, 7) is 5.14. The SMILES string of the molecule is CCNCc1ccc(C#Cc2ccc(C(=O)N[C@H](C(=O)NO)[C@@H](C)O)cc2)cc1. The molecule has 5 N–H and O–H groups in total. The van der Waals surface area contributed by atoms with E-state index in [2.05, 4.69) is 29.4 Å². The van der Waals surface area contributed by atoms with Gasteiger partial charge in [0.15, 0.2) is 0 Å². The Balaban J connectivity index is 2.02. The molecule has 0 heterocycles. The summed E-state index contributed by atoms with van der Waals surface area (Å²) in [6.07, 6.45) is -1.17. The number of carbonyl (C=O) groups is 2. The minimum absolute atomic E-state index is 0.305. The van der Waals surface area contributed by atoms with Gasteiger partial charge in [0.05, 0.1) is 6.10 Å². The number of rotatable bonds is 7. The molecule has 0 aliphatic carbocycles. The second-order valence-electron chi connectivity index (χ2n) is 6.47. The standard InChI is InChI=1S/C22H25N3O4/c1-3-23-14-18-8-6-16(7-9-18)4-5-17-10-12-19(13-11-17)21(27)24-20(15(2)26)22(28)25-29/h6-13,15,20,23,26,29H,3,14H2,1-2H3,(H,24,27)(H,25,28)/t15-,20+/m1/s1. The summed E-state index contributed by atoms with van der Waals surface area (Å²) in [5, 5.41) is 23.9. The zero-order valence-corrected chi connectivity index (χ0v) is 16.4. The van der Waals surface area contributed by atoms with E-state index in [1.165, 1.54) is 18.0 Å². The van der Waals surface area contributed by atoms with E-state index in [1.54, 1.807) is 24.3 Å². The van der Waals surface area contributed by atoms with E-state index in [9.17, 15) is 14.7 Å². The van der Waals surface area contributed by atoms with Crippen molar-refractivity contribution >= 4 is 11.8 Å². The van der Waals surface area contributed by atoms with E-state index < -0.39 is 24.0 Å². The maximum atomic E-state index is 12.3. The number of aliphatic hydroxyl groups excluding tert-OH is 1. The molecule has 7 heteroatoms. The fourth-order valence-corrected chi connectivity index (χ4v) is 2.52. The number of aliphatic hydroxyl groups is 1. The molecule has 0 aromatic heterocycles. The Bertz CT molecular complexity index is 881. The van der Waals surface area contributed by atoms with Crippen LogP contribution in [0.2, 0.25) is 0 Å². The molecule has 0 aliphatic heterocycles. The Morgan fingerprint density at radius 1 is 1.00 bits per heavy atom. The van der Waals surface area contributed by atoms with E-state index in [1.807, 2.05) is 24.3 Å². The molecule has 2 amide bonds. The highest BCUT2D eigenvalue weighted by atomic mass is 16.5. The third-order valence-corrected chi connectivity index (χ3v) is 4.19. The predicted molar refractivity (Wildman–Crippen MR) is 109 cm³/mol. The normalized spacial score (nSPS) is 12.3. The van der Waals surface area contributed by atoms with Gasteiger partial charge in [0.2, 0.25) is 0 Å². The third-order valence-electron chi connectivity index (χ3n) is 4.19. The maximum Gasteiger partial charge on any atom is 0.268 e. The van der Waals surface area contributed by atoms with Gasteiger partial charge in [-0.3, -0.25) is 14.8 Å². The molecule has 0 spiro atoms. The molecular weight excluding hydrogens is 370 g/mol. The van der Waals surface area contributed by atoms with Gasteiger partial charge in [0, 0.05) is 23.2 Å². The molecule has 0 saturated carbocycles. The van der Waals surface area contributed by atoms with E-state index >= 15 is 0 Å². The topological polar surface area (TPSA) is 111 Å². The number of carbonyl (C=O) groups excluding carboxylic acids is 2. The van der Waals surface area contributed by atoms with Gasteiger partial charge in [-0.05, 0) is 55.4 Å². The van der Waals surface area contributed by atoms with Crippen molar-refractivity contribution in [1.82, 2.24) is 16.1 Å². The highest BCUT2D eigenvalue weighted by Gasteiger charge is 2.25. The van der Waals surface area contributed by atoms with Crippen LogP contribution in [-0.4, -0.2) is 40.8 Å². The highest BCUT2D eigenvalue weighted by molar-refractivity contribution is 5.97. The van der Waals surface area contributed by atoms with E-state index in [-0.39, 0.29) is 0 Å². The van der Waals surface area contributed by atoms with Crippen LogP contribution in [0.5, 0.6) is 0 Å². The highest BCUT2D eigenvalue weighted by Crippen LogP contribution is 2.07. The van der Waals surface area contributed by atoms with E-state index in [0.717, 1.165) is 24.2 Å². The van der Waals surface area contributed by atoms with Crippen molar-refractivity contribution < 1.29 is 19.9 Å². The van der Waals surface area contributed by atoms with E-state index in [0.29, 0.717) is 5.56 Å². The Labute approximate surface area is 170 Å². The van der Waals surface area contributed by atoms with Crippen molar-refractivity contribution in [2.45, 2.75) is 32.5 Å². The van der Waals surface area contributed by atoms with Gasteiger partial charge in [0.25, 0.3) is 11.8 Å². The minimum atomic E-state index is -1.26. The Morgan fingerprint density at radius 3 is 2.03 bits per heavy atom. The van der Waals surface area contributed by atoms with Crippen LogP contribution in [-0.2, 0) is 11.3 Å². The fourth-order valence-electron chi connectivity index (χ4n) is 2.52. The van der Waals surface area contributed by atoms with Gasteiger partial charge in [-0.15, -0.1) is 0 Å². The lowest BCUT2D eigenvalue weighted by Crippen LogP contribution is -2.51. The number of hydrogen-bond acceptors (Lipinski definition) is 5. The minimum Gasteiger partial charge on any atom is -0.391 e. The van der Waals surface area contributed by atoms with Gasteiger partial charge in [0.1, 0.15) is 6.04 Å². The van der Waals surface area contributed by atoms with Gasteiger partial charge >= 0.3 is 0 Å².